The molecule has 0 bridgehead atoms. The number of rotatable bonds is 5. The lowest BCUT2D eigenvalue weighted by atomic mass is 10.0. The van der Waals surface area contributed by atoms with Gasteiger partial charge >= 0.3 is 0 Å². The van der Waals surface area contributed by atoms with Crippen molar-refractivity contribution in [3.8, 4) is 0 Å². The number of amides is 1. The first-order valence-electron chi connectivity index (χ1n) is 8.18. The molecule has 0 aliphatic heterocycles. The van der Waals surface area contributed by atoms with E-state index in [1.165, 1.54) is 5.56 Å². The highest BCUT2D eigenvalue weighted by Crippen LogP contribution is 2.24. The molecule has 0 saturated heterocycles. The molecule has 0 aliphatic carbocycles. The van der Waals surface area contributed by atoms with Crippen molar-refractivity contribution in [1.29, 1.82) is 0 Å². The lowest BCUT2D eigenvalue weighted by Crippen LogP contribution is -2.20. The van der Waals surface area contributed by atoms with Crippen molar-refractivity contribution in [3.05, 3.63) is 89.7 Å². The Morgan fingerprint density at radius 1 is 1.00 bits per heavy atom. The predicted molar refractivity (Wildman–Crippen MR) is 98.2 cm³/mol. The number of aryl methyl sites for hydroxylation is 2. The fraction of sp³-hybridized carbons (Fsp3) is 0.190. The van der Waals surface area contributed by atoms with E-state index >= 15 is 0 Å². The van der Waals surface area contributed by atoms with Crippen molar-refractivity contribution >= 4 is 11.6 Å². The van der Waals surface area contributed by atoms with Crippen LogP contribution in [0.1, 0.15) is 29.2 Å². The highest BCUT2D eigenvalue weighted by molar-refractivity contribution is 5.92. The van der Waals surface area contributed by atoms with E-state index in [0.717, 1.165) is 16.8 Å². The number of benzene rings is 2. The monoisotopic (exact) mass is 318 g/mol. The maximum absolute atomic E-state index is 12.6. The van der Waals surface area contributed by atoms with Crippen LogP contribution >= 0.6 is 0 Å². The molecule has 3 nitrogen and oxygen atoms in total. The number of hydrogen-bond donors (Lipinski definition) is 1. The minimum atomic E-state index is -0.00745. The fourth-order valence-electron chi connectivity index (χ4n) is 2.96. The van der Waals surface area contributed by atoms with Crippen molar-refractivity contribution in [3.63, 3.8) is 0 Å². The molecule has 1 amide bonds. The quantitative estimate of drug-likeness (QED) is 0.725. The number of aromatic nitrogens is 1. The fourth-order valence-corrected chi connectivity index (χ4v) is 2.96. The molecule has 3 heteroatoms. The lowest BCUT2D eigenvalue weighted by Gasteiger charge is -2.19. The maximum Gasteiger partial charge on any atom is 0.226 e. The summed E-state index contributed by atoms with van der Waals surface area (Å²) in [5, 5.41) is 3.05. The second-order valence-corrected chi connectivity index (χ2v) is 6.13. The van der Waals surface area contributed by atoms with Crippen LogP contribution in [-0.4, -0.2) is 10.5 Å². The highest BCUT2D eigenvalue weighted by Gasteiger charge is 2.17. The summed E-state index contributed by atoms with van der Waals surface area (Å²) in [4.78, 5) is 12.6. The van der Waals surface area contributed by atoms with E-state index < -0.39 is 0 Å². The minimum Gasteiger partial charge on any atom is -0.346 e. The molecule has 1 heterocycles. The first-order chi connectivity index (χ1) is 11.6. The van der Waals surface area contributed by atoms with Gasteiger partial charge in [-0.1, -0.05) is 48.0 Å². The largest absolute Gasteiger partial charge is 0.346 e. The minimum absolute atomic E-state index is 0.00745. The zero-order valence-corrected chi connectivity index (χ0v) is 14.1. The Labute approximate surface area is 143 Å². The van der Waals surface area contributed by atoms with Gasteiger partial charge in [-0.2, -0.15) is 0 Å². The van der Waals surface area contributed by atoms with Crippen LogP contribution in [0, 0.1) is 13.8 Å². The summed E-state index contributed by atoms with van der Waals surface area (Å²) in [6.45, 7) is 4.07. The summed E-state index contributed by atoms with van der Waals surface area (Å²) < 4.78 is 2.08. The second-order valence-electron chi connectivity index (χ2n) is 6.13. The summed E-state index contributed by atoms with van der Waals surface area (Å²) in [6.07, 6.45) is 4.40. The van der Waals surface area contributed by atoms with Crippen molar-refractivity contribution < 1.29 is 4.79 Å². The van der Waals surface area contributed by atoms with Gasteiger partial charge in [0.25, 0.3) is 0 Å². The molecule has 0 saturated carbocycles. The molecule has 0 spiro atoms. The molecule has 122 valence electrons. The molecular weight excluding hydrogens is 296 g/mol. The number of nitrogens with zero attached hydrogens (tertiary/aromatic N) is 1. The Bertz CT molecular complexity index is 807. The average molecular weight is 318 g/mol. The highest BCUT2D eigenvalue weighted by atomic mass is 16.1. The number of hydrogen-bond acceptors (Lipinski definition) is 1. The lowest BCUT2D eigenvalue weighted by molar-refractivity contribution is -0.116. The van der Waals surface area contributed by atoms with Gasteiger partial charge in [0.15, 0.2) is 0 Å². The van der Waals surface area contributed by atoms with Crippen LogP contribution in [0.15, 0.2) is 73.1 Å². The summed E-state index contributed by atoms with van der Waals surface area (Å²) in [5.74, 6) is 0.0181. The molecular formula is C21H22N2O. The SMILES string of the molecule is Cc1ccc(NC(=O)C[C@H](c2ccccc2)n2cccc2)c(C)c1. The Hall–Kier alpha value is -2.81. The van der Waals surface area contributed by atoms with Gasteiger partial charge in [-0.05, 0) is 43.2 Å². The van der Waals surface area contributed by atoms with Gasteiger partial charge in [0.05, 0.1) is 12.5 Å². The van der Waals surface area contributed by atoms with Gasteiger partial charge in [-0.25, -0.2) is 0 Å². The molecule has 0 unspecified atom stereocenters. The Balaban J connectivity index is 1.79. The van der Waals surface area contributed by atoms with E-state index in [0.29, 0.717) is 6.42 Å². The third kappa shape index (κ3) is 3.74. The number of nitrogens with one attached hydrogen (secondary N) is 1. The topological polar surface area (TPSA) is 34.0 Å². The standard InChI is InChI=1S/C21H22N2O/c1-16-10-11-19(17(2)14-16)22-21(24)15-20(23-12-6-7-13-23)18-8-4-3-5-9-18/h3-14,20H,15H2,1-2H3,(H,22,24)/t20-/m1/s1. The number of carbonyl (C=O) groups is 1. The zero-order valence-electron chi connectivity index (χ0n) is 14.1. The number of anilines is 1. The van der Waals surface area contributed by atoms with Crippen LogP contribution in [-0.2, 0) is 4.79 Å². The smallest absolute Gasteiger partial charge is 0.226 e. The van der Waals surface area contributed by atoms with Crippen LogP contribution in [0.5, 0.6) is 0 Å². The molecule has 0 radical (unpaired) electrons. The maximum atomic E-state index is 12.6. The van der Waals surface area contributed by atoms with E-state index in [9.17, 15) is 4.79 Å². The van der Waals surface area contributed by atoms with Gasteiger partial charge in [0.1, 0.15) is 0 Å². The summed E-state index contributed by atoms with van der Waals surface area (Å²) in [6, 6.07) is 20.2. The van der Waals surface area contributed by atoms with Crippen LogP contribution in [0.3, 0.4) is 0 Å². The predicted octanol–water partition coefficient (Wildman–Crippen LogP) is 4.72. The molecule has 2 aromatic carbocycles. The van der Waals surface area contributed by atoms with Crippen molar-refractivity contribution in [2.24, 2.45) is 0 Å². The van der Waals surface area contributed by atoms with Crippen LogP contribution < -0.4 is 5.32 Å². The molecule has 1 atom stereocenters. The van der Waals surface area contributed by atoms with Crippen molar-refractivity contribution in [2.75, 3.05) is 5.32 Å². The zero-order chi connectivity index (χ0) is 16.9. The first-order valence-corrected chi connectivity index (χ1v) is 8.18. The molecule has 24 heavy (non-hydrogen) atoms. The van der Waals surface area contributed by atoms with E-state index in [4.69, 9.17) is 0 Å². The normalized spacial score (nSPS) is 11.9. The summed E-state index contributed by atoms with van der Waals surface area (Å²) >= 11 is 0. The molecule has 3 rings (SSSR count). The Morgan fingerprint density at radius 3 is 2.38 bits per heavy atom. The Kier molecular flexibility index (Phi) is 4.80. The van der Waals surface area contributed by atoms with Crippen molar-refractivity contribution in [2.45, 2.75) is 26.3 Å². The molecule has 0 aliphatic rings. The third-order valence-corrected chi connectivity index (χ3v) is 4.21. The van der Waals surface area contributed by atoms with Crippen LogP contribution in [0.2, 0.25) is 0 Å². The molecule has 0 fully saturated rings. The van der Waals surface area contributed by atoms with Gasteiger partial charge in [-0.3, -0.25) is 4.79 Å². The molecule has 3 aromatic rings. The average Bonchev–Trinajstić information content (AvgIpc) is 3.10. The van der Waals surface area contributed by atoms with Crippen LogP contribution in [0.25, 0.3) is 0 Å². The van der Waals surface area contributed by atoms with Gasteiger partial charge in [-0.15, -0.1) is 0 Å². The van der Waals surface area contributed by atoms with Gasteiger partial charge in [0, 0.05) is 18.1 Å². The van der Waals surface area contributed by atoms with Gasteiger partial charge < -0.3 is 9.88 Å². The summed E-state index contributed by atoms with van der Waals surface area (Å²) in [7, 11) is 0. The third-order valence-electron chi connectivity index (χ3n) is 4.21. The summed E-state index contributed by atoms with van der Waals surface area (Å²) in [5.41, 5.74) is 4.29. The van der Waals surface area contributed by atoms with E-state index in [1.54, 1.807) is 0 Å². The second kappa shape index (κ2) is 7.18. The van der Waals surface area contributed by atoms with E-state index in [2.05, 4.69) is 35.0 Å². The van der Waals surface area contributed by atoms with Crippen molar-refractivity contribution in [1.82, 2.24) is 4.57 Å². The molecule has 1 aromatic heterocycles. The number of carbonyl (C=O) groups excluding carboxylic acids is 1. The first kappa shape index (κ1) is 16.1. The Morgan fingerprint density at radius 2 is 1.71 bits per heavy atom. The van der Waals surface area contributed by atoms with E-state index in [-0.39, 0.29) is 11.9 Å². The van der Waals surface area contributed by atoms with Crippen LogP contribution in [0.4, 0.5) is 5.69 Å². The molecule has 1 N–H and O–H groups in total. The van der Waals surface area contributed by atoms with Gasteiger partial charge in [0.2, 0.25) is 5.91 Å². The van der Waals surface area contributed by atoms with E-state index in [1.807, 2.05) is 61.8 Å².